The maximum absolute atomic E-state index is 13.6. The Morgan fingerprint density at radius 2 is 1.74 bits per heavy atom. The van der Waals surface area contributed by atoms with Gasteiger partial charge in [-0.25, -0.2) is 4.98 Å². The Morgan fingerprint density at radius 3 is 2.36 bits per heavy atom. The highest BCUT2D eigenvalue weighted by molar-refractivity contribution is 6.30. The third kappa shape index (κ3) is 7.27. The lowest BCUT2D eigenvalue weighted by molar-refractivity contribution is -0.122. The van der Waals surface area contributed by atoms with Crippen molar-refractivity contribution < 1.29 is 23.9 Å². The van der Waals surface area contributed by atoms with E-state index in [0.717, 1.165) is 0 Å². The molecule has 3 amide bonds. The van der Waals surface area contributed by atoms with E-state index in [0.29, 0.717) is 60.3 Å². The standard InChI is InChI=1S/C30H39ClN6O5/c1-35(2)15-16-37(5)30(41)21-7-6-8-22-24(21)25(26(42-22)28(39)33-23-14-13-20(31)17-32-23)34-27(38)18-9-11-19(12-10-18)29(40)36(3)4/h6-8,13-14,17-19,29,40H,9-12,15-16H2,1-5H3,(H,34,38)(H,32,33,39). The minimum absolute atomic E-state index is 0.0777. The number of hydrogen-bond donors (Lipinski definition) is 3. The molecule has 4 rings (SSSR count). The van der Waals surface area contributed by atoms with Gasteiger partial charge in [0.05, 0.1) is 16.0 Å². The summed E-state index contributed by atoms with van der Waals surface area (Å²) in [4.78, 5) is 50.1. The van der Waals surface area contributed by atoms with Crippen molar-refractivity contribution in [3.63, 3.8) is 0 Å². The second-order valence-electron chi connectivity index (χ2n) is 11.3. The average molecular weight is 599 g/mol. The number of nitrogens with zero attached hydrogens (tertiary/aromatic N) is 4. The number of pyridine rings is 1. The van der Waals surface area contributed by atoms with Crippen molar-refractivity contribution >= 4 is 51.8 Å². The molecule has 1 saturated carbocycles. The lowest BCUT2D eigenvalue weighted by Gasteiger charge is -2.33. The molecule has 0 bridgehead atoms. The number of aliphatic hydroxyl groups is 1. The van der Waals surface area contributed by atoms with Crippen LogP contribution in [-0.4, -0.2) is 97.1 Å². The maximum Gasteiger partial charge on any atom is 0.294 e. The summed E-state index contributed by atoms with van der Waals surface area (Å²) in [6.45, 7) is 1.15. The summed E-state index contributed by atoms with van der Waals surface area (Å²) in [5.74, 6) is -1.29. The molecule has 0 radical (unpaired) electrons. The quantitative estimate of drug-likeness (QED) is 0.299. The van der Waals surface area contributed by atoms with Gasteiger partial charge in [-0.2, -0.15) is 0 Å². The molecule has 12 heteroatoms. The first-order chi connectivity index (χ1) is 20.0. The second kappa shape index (κ2) is 13.6. The Bertz CT molecular complexity index is 1420. The van der Waals surface area contributed by atoms with E-state index in [9.17, 15) is 19.5 Å². The number of anilines is 2. The van der Waals surface area contributed by atoms with Gasteiger partial charge < -0.3 is 30.0 Å². The number of fused-ring (bicyclic) bond motifs is 1. The summed E-state index contributed by atoms with van der Waals surface area (Å²) >= 11 is 5.93. The number of nitrogens with one attached hydrogen (secondary N) is 2. The number of halogens is 1. The van der Waals surface area contributed by atoms with E-state index in [1.165, 1.54) is 6.20 Å². The number of aliphatic hydroxyl groups excluding tert-OH is 1. The van der Waals surface area contributed by atoms with Crippen LogP contribution in [0.4, 0.5) is 11.5 Å². The molecule has 0 aliphatic heterocycles. The van der Waals surface area contributed by atoms with Crippen molar-refractivity contribution in [2.24, 2.45) is 11.8 Å². The molecule has 11 nitrogen and oxygen atoms in total. The van der Waals surface area contributed by atoms with Crippen molar-refractivity contribution in [2.75, 3.05) is 59.0 Å². The molecule has 0 spiro atoms. The van der Waals surface area contributed by atoms with Gasteiger partial charge in [0.1, 0.15) is 23.3 Å². The largest absolute Gasteiger partial charge is 0.449 e. The van der Waals surface area contributed by atoms with Crippen LogP contribution in [0.25, 0.3) is 11.0 Å². The van der Waals surface area contributed by atoms with E-state index in [-0.39, 0.29) is 40.9 Å². The number of rotatable bonds is 10. The number of carbonyl (C=O) groups is 3. The molecule has 1 aromatic carbocycles. The van der Waals surface area contributed by atoms with Gasteiger partial charge in [-0.3, -0.25) is 19.3 Å². The number of aromatic nitrogens is 1. The van der Waals surface area contributed by atoms with Gasteiger partial charge in [0.2, 0.25) is 11.7 Å². The van der Waals surface area contributed by atoms with Gasteiger partial charge >= 0.3 is 0 Å². The van der Waals surface area contributed by atoms with E-state index in [4.69, 9.17) is 16.0 Å². The van der Waals surface area contributed by atoms with Crippen LogP contribution in [0.5, 0.6) is 0 Å². The van der Waals surface area contributed by atoms with Crippen LogP contribution in [0.3, 0.4) is 0 Å². The number of likely N-dealkylation sites (N-methyl/N-ethyl adjacent to an activating group) is 2. The van der Waals surface area contributed by atoms with Gasteiger partial charge in [-0.1, -0.05) is 17.7 Å². The molecule has 42 heavy (non-hydrogen) atoms. The first kappa shape index (κ1) is 31.4. The van der Waals surface area contributed by atoms with Gasteiger partial charge in [0.15, 0.2) is 0 Å². The number of furan rings is 1. The molecule has 2 heterocycles. The number of carbonyl (C=O) groups excluding carboxylic acids is 3. The smallest absolute Gasteiger partial charge is 0.294 e. The molecule has 1 aliphatic rings. The van der Waals surface area contributed by atoms with Crippen LogP contribution < -0.4 is 10.6 Å². The lowest BCUT2D eigenvalue weighted by atomic mass is 9.80. The zero-order valence-corrected chi connectivity index (χ0v) is 25.4. The molecule has 1 unspecified atom stereocenters. The third-order valence-electron chi connectivity index (χ3n) is 7.69. The van der Waals surface area contributed by atoms with Crippen LogP contribution in [0, 0.1) is 11.8 Å². The van der Waals surface area contributed by atoms with Gasteiger partial charge in [0, 0.05) is 32.3 Å². The first-order valence-electron chi connectivity index (χ1n) is 14.0. The number of amides is 3. The SMILES string of the molecule is CN(C)CCN(C)C(=O)c1cccc2oc(C(=O)Nc3ccc(Cl)cn3)c(NC(=O)C3CCC(C(O)N(C)C)CC3)c12. The second-order valence-corrected chi connectivity index (χ2v) is 11.7. The Morgan fingerprint density at radius 1 is 1.02 bits per heavy atom. The summed E-state index contributed by atoms with van der Waals surface area (Å²) in [5, 5.41) is 16.9. The van der Waals surface area contributed by atoms with Crippen LogP contribution in [-0.2, 0) is 4.79 Å². The Balaban J connectivity index is 1.67. The predicted octanol–water partition coefficient (Wildman–Crippen LogP) is 3.99. The van der Waals surface area contributed by atoms with Crippen molar-refractivity contribution in [1.29, 1.82) is 0 Å². The first-order valence-corrected chi connectivity index (χ1v) is 14.4. The molecule has 3 aromatic rings. The van der Waals surface area contributed by atoms with E-state index < -0.39 is 12.1 Å². The van der Waals surface area contributed by atoms with E-state index in [2.05, 4.69) is 15.6 Å². The molecule has 1 fully saturated rings. The van der Waals surface area contributed by atoms with Crippen LogP contribution in [0.2, 0.25) is 5.02 Å². The highest BCUT2D eigenvalue weighted by Crippen LogP contribution is 2.37. The minimum Gasteiger partial charge on any atom is -0.449 e. The van der Waals surface area contributed by atoms with Crippen molar-refractivity contribution in [3.8, 4) is 0 Å². The highest BCUT2D eigenvalue weighted by Gasteiger charge is 2.33. The zero-order valence-electron chi connectivity index (χ0n) is 24.7. The summed E-state index contributed by atoms with van der Waals surface area (Å²) < 4.78 is 5.99. The molecule has 1 aliphatic carbocycles. The summed E-state index contributed by atoms with van der Waals surface area (Å²) in [5.41, 5.74) is 0.750. The van der Waals surface area contributed by atoms with E-state index >= 15 is 0 Å². The summed E-state index contributed by atoms with van der Waals surface area (Å²) in [7, 11) is 9.23. The summed E-state index contributed by atoms with van der Waals surface area (Å²) in [6, 6.07) is 8.15. The summed E-state index contributed by atoms with van der Waals surface area (Å²) in [6.07, 6.45) is 3.40. The molecule has 1 atom stereocenters. The van der Waals surface area contributed by atoms with Crippen LogP contribution in [0.1, 0.15) is 46.6 Å². The molecular formula is C30H39ClN6O5. The fourth-order valence-electron chi connectivity index (χ4n) is 5.21. The van der Waals surface area contributed by atoms with Gasteiger partial charge in [0.25, 0.3) is 11.8 Å². The third-order valence-corrected chi connectivity index (χ3v) is 7.92. The van der Waals surface area contributed by atoms with Gasteiger partial charge in [-0.15, -0.1) is 0 Å². The van der Waals surface area contributed by atoms with Crippen molar-refractivity contribution in [1.82, 2.24) is 19.7 Å². The Hall–Kier alpha value is -3.51. The predicted molar refractivity (Wildman–Crippen MR) is 163 cm³/mol. The monoisotopic (exact) mass is 598 g/mol. The topological polar surface area (TPSA) is 131 Å². The number of benzene rings is 1. The molecular weight excluding hydrogens is 560 g/mol. The van der Waals surface area contributed by atoms with E-state index in [1.807, 2.05) is 33.1 Å². The van der Waals surface area contributed by atoms with E-state index in [1.54, 1.807) is 47.2 Å². The highest BCUT2D eigenvalue weighted by atomic mass is 35.5. The fraction of sp³-hybridized carbons (Fsp3) is 0.467. The van der Waals surface area contributed by atoms with Crippen molar-refractivity contribution in [2.45, 2.75) is 31.9 Å². The number of hydrogen-bond acceptors (Lipinski definition) is 8. The molecule has 0 saturated heterocycles. The molecule has 226 valence electrons. The minimum atomic E-state index is -0.631. The molecule has 3 N–H and O–H groups in total. The molecule has 2 aromatic heterocycles. The Kier molecular flexibility index (Phi) is 10.2. The normalized spacial score (nSPS) is 17.8. The lowest BCUT2D eigenvalue weighted by Crippen LogP contribution is -2.38. The van der Waals surface area contributed by atoms with Crippen LogP contribution in [0.15, 0.2) is 40.9 Å². The van der Waals surface area contributed by atoms with Gasteiger partial charge in [-0.05, 0) is 84.1 Å². The zero-order chi connectivity index (χ0) is 30.6. The van der Waals surface area contributed by atoms with Crippen LogP contribution >= 0.6 is 11.6 Å². The van der Waals surface area contributed by atoms with Crippen molar-refractivity contribution in [3.05, 3.63) is 52.9 Å². The average Bonchev–Trinajstić information content (AvgIpc) is 3.34. The fourth-order valence-corrected chi connectivity index (χ4v) is 5.32. The Labute approximate surface area is 250 Å². The maximum atomic E-state index is 13.6.